The standard InChI is InChI=1S/C25H33N3O3/c1-16(2)31-24(30)27-14-25(15-27)20-11-10-17(3)12-22(20)28(23(25)29)13-19(5)26-21-9-7-6-8-18(21)4/h10-12,16H,6-9,13-15H2,1-5H3/b26-19+. The van der Waals surface area contributed by atoms with Crippen molar-refractivity contribution in [3.05, 3.63) is 40.6 Å². The van der Waals surface area contributed by atoms with Gasteiger partial charge < -0.3 is 14.5 Å². The van der Waals surface area contributed by atoms with Gasteiger partial charge in [-0.05, 0) is 77.5 Å². The Morgan fingerprint density at radius 1 is 1.19 bits per heavy atom. The van der Waals surface area contributed by atoms with Crippen LogP contribution in [-0.4, -0.2) is 48.4 Å². The molecule has 1 aliphatic carbocycles. The highest BCUT2D eigenvalue weighted by molar-refractivity contribution is 6.12. The number of ether oxygens (including phenoxy) is 1. The first-order chi connectivity index (χ1) is 14.7. The second kappa shape index (κ2) is 8.13. The summed E-state index contributed by atoms with van der Waals surface area (Å²) in [7, 11) is 0. The number of hydrogen-bond donors (Lipinski definition) is 0. The number of hydrogen-bond acceptors (Lipinski definition) is 4. The number of rotatable bonds is 4. The number of allylic oxidation sites excluding steroid dienone is 2. The van der Waals surface area contributed by atoms with Crippen molar-refractivity contribution in [2.45, 2.75) is 71.8 Å². The van der Waals surface area contributed by atoms with Crippen molar-refractivity contribution in [2.24, 2.45) is 4.99 Å². The van der Waals surface area contributed by atoms with Crippen molar-refractivity contribution >= 4 is 23.4 Å². The van der Waals surface area contributed by atoms with Gasteiger partial charge in [-0.2, -0.15) is 0 Å². The molecule has 4 rings (SSSR count). The number of anilines is 1. The Labute approximate surface area is 185 Å². The fourth-order valence-electron chi connectivity index (χ4n) is 4.91. The molecule has 1 aromatic carbocycles. The maximum absolute atomic E-state index is 13.6. The quantitative estimate of drug-likeness (QED) is 0.657. The smallest absolute Gasteiger partial charge is 0.410 e. The van der Waals surface area contributed by atoms with Crippen molar-refractivity contribution in [3.63, 3.8) is 0 Å². The third-order valence-corrected chi connectivity index (χ3v) is 6.55. The number of amides is 2. The summed E-state index contributed by atoms with van der Waals surface area (Å²) in [5, 5.41) is 0. The van der Waals surface area contributed by atoms with Crippen molar-refractivity contribution in [3.8, 4) is 0 Å². The lowest BCUT2D eigenvalue weighted by atomic mass is 9.74. The summed E-state index contributed by atoms with van der Waals surface area (Å²) in [6.45, 7) is 11.1. The van der Waals surface area contributed by atoms with Crippen LogP contribution in [0.1, 0.15) is 64.5 Å². The summed E-state index contributed by atoms with van der Waals surface area (Å²) in [5.41, 5.74) is 5.90. The fourth-order valence-corrected chi connectivity index (χ4v) is 4.91. The van der Waals surface area contributed by atoms with E-state index in [1.54, 1.807) is 4.90 Å². The number of fused-ring (bicyclic) bond motifs is 2. The lowest BCUT2D eigenvalue weighted by molar-refractivity contribution is -0.128. The van der Waals surface area contributed by atoms with Crippen LogP contribution in [0.15, 0.2) is 34.5 Å². The van der Waals surface area contributed by atoms with E-state index in [4.69, 9.17) is 9.73 Å². The molecule has 0 unspecified atom stereocenters. The molecule has 6 heteroatoms. The van der Waals surface area contributed by atoms with Gasteiger partial charge in [0.25, 0.3) is 0 Å². The zero-order valence-electron chi connectivity index (χ0n) is 19.3. The Balaban J connectivity index is 1.59. The van der Waals surface area contributed by atoms with Crippen LogP contribution in [0.25, 0.3) is 0 Å². The number of aliphatic imine (C=N–C) groups is 1. The fraction of sp³-hybridized carbons (Fsp3) is 0.560. The van der Waals surface area contributed by atoms with E-state index in [1.165, 1.54) is 24.1 Å². The van der Waals surface area contributed by atoms with E-state index in [-0.39, 0.29) is 18.1 Å². The Kier molecular flexibility index (Phi) is 5.67. The molecule has 2 amide bonds. The lowest BCUT2D eigenvalue weighted by Crippen LogP contribution is -2.65. The van der Waals surface area contributed by atoms with Crippen LogP contribution < -0.4 is 4.90 Å². The summed E-state index contributed by atoms with van der Waals surface area (Å²) in [5.74, 6) is 0.0607. The molecule has 2 heterocycles. The van der Waals surface area contributed by atoms with Crippen LogP contribution in [0.2, 0.25) is 0 Å². The molecule has 0 atom stereocenters. The van der Waals surface area contributed by atoms with Crippen LogP contribution in [0, 0.1) is 6.92 Å². The number of nitrogens with zero attached hydrogens (tertiary/aromatic N) is 3. The predicted octanol–water partition coefficient (Wildman–Crippen LogP) is 4.75. The first kappa shape index (κ1) is 21.6. The van der Waals surface area contributed by atoms with E-state index >= 15 is 0 Å². The molecule has 0 aromatic heterocycles. The highest BCUT2D eigenvalue weighted by atomic mass is 16.6. The molecule has 166 valence electrons. The monoisotopic (exact) mass is 423 g/mol. The molecule has 2 aliphatic heterocycles. The Bertz CT molecular complexity index is 970. The molecule has 1 spiro atoms. The Morgan fingerprint density at radius 3 is 2.58 bits per heavy atom. The number of carbonyl (C=O) groups is 2. The first-order valence-electron chi connectivity index (χ1n) is 11.3. The van der Waals surface area contributed by atoms with Crippen LogP contribution in [0.3, 0.4) is 0 Å². The Morgan fingerprint density at radius 2 is 1.90 bits per heavy atom. The molecular weight excluding hydrogens is 390 g/mol. The van der Waals surface area contributed by atoms with Crippen LogP contribution in [0.5, 0.6) is 0 Å². The maximum Gasteiger partial charge on any atom is 0.410 e. The largest absolute Gasteiger partial charge is 0.447 e. The molecule has 0 saturated carbocycles. The third kappa shape index (κ3) is 3.88. The molecule has 31 heavy (non-hydrogen) atoms. The normalized spacial score (nSPS) is 20.5. The maximum atomic E-state index is 13.6. The zero-order valence-corrected chi connectivity index (χ0v) is 19.3. The highest BCUT2D eigenvalue weighted by Gasteiger charge is 2.59. The van der Waals surface area contributed by atoms with Crippen molar-refractivity contribution < 1.29 is 14.3 Å². The second-order valence-corrected chi connectivity index (χ2v) is 9.56. The molecule has 0 bridgehead atoms. The Hall–Kier alpha value is -2.63. The molecule has 0 N–H and O–H groups in total. The molecule has 1 aromatic rings. The minimum atomic E-state index is -0.667. The van der Waals surface area contributed by atoms with Gasteiger partial charge in [0.1, 0.15) is 5.41 Å². The summed E-state index contributed by atoms with van der Waals surface area (Å²) in [4.78, 5) is 34.3. The summed E-state index contributed by atoms with van der Waals surface area (Å²) in [6.07, 6.45) is 4.02. The minimum Gasteiger partial charge on any atom is -0.447 e. The van der Waals surface area contributed by atoms with E-state index < -0.39 is 5.41 Å². The second-order valence-electron chi connectivity index (χ2n) is 9.56. The summed E-state index contributed by atoms with van der Waals surface area (Å²) >= 11 is 0. The molecule has 1 saturated heterocycles. The number of carbonyl (C=O) groups excluding carboxylic acids is 2. The zero-order chi connectivity index (χ0) is 22.3. The topological polar surface area (TPSA) is 62.2 Å². The van der Waals surface area contributed by atoms with Crippen molar-refractivity contribution in [2.75, 3.05) is 24.5 Å². The summed E-state index contributed by atoms with van der Waals surface area (Å²) in [6, 6.07) is 6.17. The highest BCUT2D eigenvalue weighted by Crippen LogP contribution is 2.48. The van der Waals surface area contributed by atoms with Gasteiger partial charge in [0.15, 0.2) is 0 Å². The van der Waals surface area contributed by atoms with Gasteiger partial charge in [0, 0.05) is 30.2 Å². The minimum absolute atomic E-state index is 0.0607. The van der Waals surface area contributed by atoms with Gasteiger partial charge in [-0.25, -0.2) is 4.79 Å². The lowest BCUT2D eigenvalue weighted by Gasteiger charge is -2.46. The van der Waals surface area contributed by atoms with E-state index in [2.05, 4.69) is 13.0 Å². The molecular formula is C25H33N3O3. The number of benzene rings is 1. The average Bonchev–Trinajstić information content (AvgIpc) is 2.90. The van der Waals surface area contributed by atoms with Crippen molar-refractivity contribution in [1.82, 2.24) is 4.90 Å². The van der Waals surface area contributed by atoms with E-state index in [0.29, 0.717) is 19.6 Å². The van der Waals surface area contributed by atoms with E-state index in [0.717, 1.165) is 35.4 Å². The molecule has 1 fully saturated rings. The van der Waals surface area contributed by atoms with Gasteiger partial charge in [-0.3, -0.25) is 9.79 Å². The van der Waals surface area contributed by atoms with E-state index in [9.17, 15) is 9.59 Å². The van der Waals surface area contributed by atoms with Gasteiger partial charge >= 0.3 is 6.09 Å². The van der Waals surface area contributed by atoms with Gasteiger partial charge in [-0.15, -0.1) is 0 Å². The van der Waals surface area contributed by atoms with Crippen molar-refractivity contribution in [1.29, 1.82) is 0 Å². The molecule has 3 aliphatic rings. The van der Waals surface area contributed by atoms with Crippen LogP contribution >= 0.6 is 0 Å². The third-order valence-electron chi connectivity index (χ3n) is 6.55. The number of aryl methyl sites for hydroxylation is 1. The van der Waals surface area contributed by atoms with Gasteiger partial charge in [0.05, 0.1) is 12.6 Å². The number of likely N-dealkylation sites (tertiary alicyclic amines) is 1. The molecule has 6 nitrogen and oxygen atoms in total. The first-order valence-corrected chi connectivity index (χ1v) is 11.3. The summed E-state index contributed by atoms with van der Waals surface area (Å²) < 4.78 is 5.32. The molecule has 0 radical (unpaired) electrons. The van der Waals surface area contributed by atoms with Gasteiger partial charge in [-0.1, -0.05) is 17.7 Å². The average molecular weight is 424 g/mol. The van der Waals surface area contributed by atoms with E-state index in [1.807, 2.05) is 44.7 Å². The van der Waals surface area contributed by atoms with Crippen LogP contribution in [0.4, 0.5) is 10.5 Å². The predicted molar refractivity (Wildman–Crippen MR) is 123 cm³/mol. The van der Waals surface area contributed by atoms with Crippen LogP contribution in [-0.2, 0) is 14.9 Å². The SMILES string of the molecule is CC1=C(/N=C(\C)CN2C(=O)C3(CN(C(=O)OC(C)C)C3)c3ccc(C)cc32)CCCC1. The van der Waals surface area contributed by atoms with Gasteiger partial charge in [0.2, 0.25) is 5.91 Å².